The van der Waals surface area contributed by atoms with Crippen LogP contribution in [0.25, 0.3) is 0 Å². The summed E-state index contributed by atoms with van der Waals surface area (Å²) < 4.78 is 5.46. The van der Waals surface area contributed by atoms with E-state index in [-0.39, 0.29) is 35.6 Å². The Morgan fingerprint density at radius 2 is 1.69 bits per heavy atom. The first-order chi connectivity index (χ1) is 13.2. The number of likely N-dealkylation sites (tertiary alicyclic amines) is 1. The van der Waals surface area contributed by atoms with Gasteiger partial charge in [0.15, 0.2) is 5.96 Å². The van der Waals surface area contributed by atoms with Crippen molar-refractivity contribution in [1.29, 1.82) is 0 Å². The van der Waals surface area contributed by atoms with Crippen molar-refractivity contribution in [2.45, 2.75) is 96.4 Å². The summed E-state index contributed by atoms with van der Waals surface area (Å²) in [4.78, 5) is 19.3. The third kappa shape index (κ3) is 8.86. The number of hydrogen-bond acceptors (Lipinski definition) is 4. The highest BCUT2D eigenvalue weighted by molar-refractivity contribution is 14.0. The van der Waals surface area contributed by atoms with E-state index in [1.165, 1.54) is 25.9 Å². The molecular formula is C21H42IN5O2. The first-order valence-electron chi connectivity index (χ1n) is 10.9. The number of aliphatic imine (C=N–C) groups is 1. The number of piperidine rings is 1. The molecule has 3 N–H and O–H groups in total. The number of halogens is 1. The maximum absolute atomic E-state index is 12.3. The quantitative estimate of drug-likeness (QED) is 0.271. The Kier molecular flexibility index (Phi) is 10.5. The molecule has 1 aliphatic heterocycles. The molecule has 0 radical (unpaired) electrons. The molecule has 1 heterocycles. The van der Waals surface area contributed by atoms with Gasteiger partial charge in [-0.25, -0.2) is 4.79 Å². The van der Waals surface area contributed by atoms with Gasteiger partial charge in [0.25, 0.3) is 0 Å². The molecule has 1 amide bonds. The van der Waals surface area contributed by atoms with E-state index in [2.05, 4.69) is 39.7 Å². The lowest BCUT2D eigenvalue weighted by atomic mass is 9.93. The monoisotopic (exact) mass is 523 g/mol. The van der Waals surface area contributed by atoms with Crippen molar-refractivity contribution in [1.82, 2.24) is 20.9 Å². The number of carbonyl (C=O) groups is 1. The van der Waals surface area contributed by atoms with Crippen LogP contribution < -0.4 is 16.0 Å². The molecule has 2 rings (SSSR count). The summed E-state index contributed by atoms with van der Waals surface area (Å²) >= 11 is 0. The number of carbonyl (C=O) groups excluding carboxylic acids is 1. The van der Waals surface area contributed by atoms with Gasteiger partial charge in [0.2, 0.25) is 0 Å². The molecule has 0 aromatic rings. The van der Waals surface area contributed by atoms with Crippen molar-refractivity contribution in [3.8, 4) is 0 Å². The standard InChI is InChI=1S/C21H41N5O2.HI/c1-7-21(8-2,25-19(27)28-20(3,4)5)15-23-18(22-6)24-16-11-13-26(14-12-16)17-9-10-17;/h16-17H,7-15H2,1-6H3,(H,25,27)(H2,22,23,24);1H. The van der Waals surface area contributed by atoms with E-state index < -0.39 is 5.60 Å². The molecule has 0 spiro atoms. The van der Waals surface area contributed by atoms with Crippen molar-refractivity contribution in [3.63, 3.8) is 0 Å². The van der Waals surface area contributed by atoms with E-state index in [9.17, 15) is 4.79 Å². The van der Waals surface area contributed by atoms with Crippen LogP contribution in [0.15, 0.2) is 4.99 Å². The van der Waals surface area contributed by atoms with Crippen LogP contribution in [0, 0.1) is 0 Å². The fourth-order valence-corrected chi connectivity index (χ4v) is 3.73. The smallest absolute Gasteiger partial charge is 0.408 e. The van der Waals surface area contributed by atoms with Crippen LogP contribution in [0.3, 0.4) is 0 Å². The predicted molar refractivity (Wildman–Crippen MR) is 130 cm³/mol. The third-order valence-electron chi connectivity index (χ3n) is 5.87. The van der Waals surface area contributed by atoms with Crippen molar-refractivity contribution >= 4 is 36.0 Å². The van der Waals surface area contributed by atoms with Crippen LogP contribution in [0.2, 0.25) is 0 Å². The van der Waals surface area contributed by atoms with Gasteiger partial charge in [-0.15, -0.1) is 24.0 Å². The Morgan fingerprint density at radius 1 is 1.10 bits per heavy atom. The minimum Gasteiger partial charge on any atom is -0.444 e. The number of ether oxygens (including phenoxy) is 1. The molecule has 1 aliphatic carbocycles. The summed E-state index contributed by atoms with van der Waals surface area (Å²) in [6, 6.07) is 1.31. The molecule has 8 heteroatoms. The number of hydrogen-bond donors (Lipinski definition) is 3. The van der Waals surface area contributed by atoms with E-state index in [0.717, 1.165) is 37.7 Å². The van der Waals surface area contributed by atoms with E-state index in [1.54, 1.807) is 7.05 Å². The van der Waals surface area contributed by atoms with Crippen LogP contribution in [0.4, 0.5) is 4.79 Å². The van der Waals surface area contributed by atoms with E-state index >= 15 is 0 Å². The van der Waals surface area contributed by atoms with Gasteiger partial charge >= 0.3 is 6.09 Å². The largest absolute Gasteiger partial charge is 0.444 e. The summed E-state index contributed by atoms with van der Waals surface area (Å²) in [5.74, 6) is 0.808. The lowest BCUT2D eigenvalue weighted by Crippen LogP contribution is -2.58. The Bertz CT molecular complexity index is 534. The first kappa shape index (κ1) is 26.3. The molecular weight excluding hydrogens is 481 g/mol. The SMILES string of the molecule is CCC(CC)(CNC(=NC)NC1CCN(C2CC2)CC1)NC(=O)OC(C)(C)C.I. The molecule has 2 aliphatic rings. The molecule has 2 fully saturated rings. The molecule has 0 aromatic heterocycles. The van der Waals surface area contributed by atoms with Gasteiger partial charge in [-0.3, -0.25) is 4.99 Å². The van der Waals surface area contributed by atoms with Gasteiger partial charge in [0.05, 0.1) is 5.54 Å². The molecule has 1 saturated carbocycles. The third-order valence-corrected chi connectivity index (χ3v) is 5.87. The van der Waals surface area contributed by atoms with Gasteiger partial charge in [-0.2, -0.15) is 0 Å². The van der Waals surface area contributed by atoms with Crippen LogP contribution in [-0.4, -0.2) is 66.9 Å². The van der Waals surface area contributed by atoms with E-state index in [0.29, 0.717) is 12.6 Å². The summed E-state index contributed by atoms with van der Waals surface area (Å²) in [7, 11) is 1.80. The zero-order valence-corrected chi connectivity index (χ0v) is 21.5. The fraction of sp³-hybridized carbons (Fsp3) is 0.905. The second-order valence-electron chi connectivity index (χ2n) is 9.23. The maximum Gasteiger partial charge on any atom is 0.408 e. The Hall–Kier alpha value is -0.770. The first-order valence-corrected chi connectivity index (χ1v) is 10.9. The number of nitrogens with one attached hydrogen (secondary N) is 3. The molecule has 7 nitrogen and oxygen atoms in total. The summed E-state index contributed by atoms with van der Waals surface area (Å²) in [5, 5.41) is 10.1. The van der Waals surface area contributed by atoms with Gasteiger partial charge in [-0.05, 0) is 59.3 Å². The second kappa shape index (κ2) is 11.6. The zero-order valence-electron chi connectivity index (χ0n) is 19.1. The number of rotatable bonds is 7. The molecule has 29 heavy (non-hydrogen) atoms. The highest BCUT2D eigenvalue weighted by atomic mass is 127. The van der Waals surface area contributed by atoms with Gasteiger partial charge in [0.1, 0.15) is 5.60 Å². The van der Waals surface area contributed by atoms with Gasteiger partial charge in [-0.1, -0.05) is 13.8 Å². The van der Waals surface area contributed by atoms with E-state index in [1.807, 2.05) is 20.8 Å². The highest BCUT2D eigenvalue weighted by Gasteiger charge is 2.33. The van der Waals surface area contributed by atoms with Crippen molar-refractivity contribution in [2.75, 3.05) is 26.7 Å². The Balaban J connectivity index is 0.00000420. The fourth-order valence-electron chi connectivity index (χ4n) is 3.73. The predicted octanol–water partition coefficient (Wildman–Crippen LogP) is 3.48. The number of amides is 1. The lowest BCUT2D eigenvalue weighted by Gasteiger charge is -2.36. The molecule has 170 valence electrons. The average Bonchev–Trinajstić information content (AvgIpc) is 3.48. The van der Waals surface area contributed by atoms with Crippen molar-refractivity contribution < 1.29 is 9.53 Å². The minimum atomic E-state index is -0.502. The molecule has 0 bridgehead atoms. The van der Waals surface area contributed by atoms with Crippen LogP contribution in [-0.2, 0) is 4.74 Å². The maximum atomic E-state index is 12.3. The van der Waals surface area contributed by atoms with Crippen LogP contribution in [0.5, 0.6) is 0 Å². The summed E-state index contributed by atoms with van der Waals surface area (Å²) in [6.45, 7) is 12.8. The zero-order chi connectivity index (χ0) is 20.8. The van der Waals surface area contributed by atoms with Crippen molar-refractivity contribution in [2.24, 2.45) is 4.99 Å². The van der Waals surface area contributed by atoms with Gasteiger partial charge < -0.3 is 25.6 Å². The summed E-state index contributed by atoms with van der Waals surface area (Å²) in [5.41, 5.74) is -0.868. The molecule has 0 unspecified atom stereocenters. The Morgan fingerprint density at radius 3 is 2.14 bits per heavy atom. The summed E-state index contributed by atoms with van der Waals surface area (Å²) in [6.07, 6.45) is 6.32. The van der Waals surface area contributed by atoms with Crippen LogP contribution >= 0.6 is 24.0 Å². The molecule has 1 saturated heterocycles. The highest BCUT2D eigenvalue weighted by Crippen LogP contribution is 2.29. The lowest BCUT2D eigenvalue weighted by molar-refractivity contribution is 0.0448. The molecule has 0 aromatic carbocycles. The van der Waals surface area contributed by atoms with Gasteiger partial charge in [0, 0.05) is 38.8 Å². The normalized spacial score (nSPS) is 19.3. The average molecular weight is 524 g/mol. The topological polar surface area (TPSA) is 78.0 Å². The van der Waals surface area contributed by atoms with E-state index in [4.69, 9.17) is 4.74 Å². The Labute approximate surface area is 194 Å². The molecule has 0 atom stereocenters. The number of alkyl carbamates (subject to hydrolysis) is 1. The number of nitrogens with zero attached hydrogens (tertiary/aromatic N) is 2. The second-order valence-corrected chi connectivity index (χ2v) is 9.23. The number of guanidine groups is 1. The van der Waals surface area contributed by atoms with Crippen LogP contribution in [0.1, 0.15) is 73.1 Å². The van der Waals surface area contributed by atoms with Crippen molar-refractivity contribution in [3.05, 3.63) is 0 Å². The minimum absolute atomic E-state index is 0.